The minimum atomic E-state index is -1.63. The fraction of sp³-hybridized carbons (Fsp3) is 0.316. The molecule has 6 N–H and O–H groups in total. The van der Waals surface area contributed by atoms with E-state index in [-0.39, 0.29) is 17.9 Å². The van der Waals surface area contributed by atoms with Crippen molar-refractivity contribution in [2.24, 2.45) is 5.84 Å². The number of rotatable bonds is 9. The number of ether oxygens (including phenoxy) is 1. The third-order valence-corrected chi connectivity index (χ3v) is 6.60. The lowest BCUT2D eigenvalue weighted by Gasteiger charge is -2.42. The van der Waals surface area contributed by atoms with Gasteiger partial charge in [-0.2, -0.15) is 0 Å². The van der Waals surface area contributed by atoms with Gasteiger partial charge in [-0.15, -0.1) is 0 Å². The Balaban J connectivity index is 1.86. The lowest BCUT2D eigenvalue weighted by Crippen LogP contribution is -2.62. The van der Waals surface area contributed by atoms with Gasteiger partial charge in [0, 0.05) is 33.5 Å². The standard InChI is InChI=1S/C19H19BrF3N4O5PS/c20-9-3-10(5-25-4-9)34-19-18(29)16(17(28)14(32-19)7-31-33-30)26-6-13(27-24)8-1-11(21)15(23)12(22)2-8/h1-6,14,16-19,26-29H,7,24H2/b13-6-/t14?,16?,17-,18?,19+/m0/s1. The summed E-state index contributed by atoms with van der Waals surface area (Å²) in [5.74, 6) is 0.971. The number of nitrogens with zero attached hydrogens (tertiary/aromatic N) is 1. The van der Waals surface area contributed by atoms with Gasteiger partial charge < -0.3 is 25.7 Å². The Bertz CT molecular complexity index is 1040. The van der Waals surface area contributed by atoms with Gasteiger partial charge in [-0.25, -0.2) is 17.7 Å². The zero-order valence-corrected chi connectivity index (χ0v) is 20.4. The first-order valence-electron chi connectivity index (χ1n) is 9.56. The van der Waals surface area contributed by atoms with E-state index in [1.165, 1.54) is 6.20 Å². The van der Waals surface area contributed by atoms with Crippen LogP contribution in [0.3, 0.4) is 0 Å². The van der Waals surface area contributed by atoms with Gasteiger partial charge in [0.25, 0.3) is 0 Å². The molecule has 1 aliphatic rings. The van der Waals surface area contributed by atoms with Gasteiger partial charge in [0.2, 0.25) is 0 Å². The van der Waals surface area contributed by atoms with E-state index in [2.05, 4.69) is 31.7 Å². The molecule has 2 heterocycles. The zero-order chi connectivity index (χ0) is 24.8. The van der Waals surface area contributed by atoms with Crippen LogP contribution in [0.25, 0.3) is 5.70 Å². The third kappa shape index (κ3) is 6.46. The molecular formula is C19H19BrF3N4O5PS. The maximum absolute atomic E-state index is 13.6. The summed E-state index contributed by atoms with van der Waals surface area (Å²) < 4.78 is 62.6. The number of aromatic nitrogens is 1. The molecule has 9 nitrogen and oxygen atoms in total. The van der Waals surface area contributed by atoms with Crippen molar-refractivity contribution in [1.29, 1.82) is 0 Å². The summed E-state index contributed by atoms with van der Waals surface area (Å²) in [4.78, 5) is 4.69. The third-order valence-electron chi connectivity index (χ3n) is 4.80. The number of halogens is 4. The van der Waals surface area contributed by atoms with Crippen molar-refractivity contribution in [1.82, 2.24) is 15.7 Å². The number of aliphatic hydroxyl groups is 2. The molecule has 1 aromatic carbocycles. The number of thioether (sulfide) groups is 1. The van der Waals surface area contributed by atoms with Crippen LogP contribution in [0, 0.1) is 17.5 Å². The van der Waals surface area contributed by atoms with E-state index < -0.39 is 55.9 Å². The second kappa shape index (κ2) is 12.3. The van der Waals surface area contributed by atoms with Crippen LogP contribution in [0.5, 0.6) is 0 Å². The van der Waals surface area contributed by atoms with Crippen LogP contribution in [-0.2, 0) is 13.8 Å². The van der Waals surface area contributed by atoms with Crippen LogP contribution in [0.4, 0.5) is 13.2 Å². The Kier molecular flexibility index (Phi) is 9.68. The Morgan fingerprint density at radius 3 is 2.59 bits per heavy atom. The lowest BCUT2D eigenvalue weighted by atomic mass is 9.97. The summed E-state index contributed by atoms with van der Waals surface area (Å²) >= 11 is 4.42. The maximum atomic E-state index is 13.6. The quantitative estimate of drug-likeness (QED) is 0.130. The Morgan fingerprint density at radius 2 is 1.97 bits per heavy atom. The van der Waals surface area contributed by atoms with E-state index in [1.807, 2.05) is 0 Å². The van der Waals surface area contributed by atoms with E-state index >= 15 is 0 Å². The molecule has 0 saturated carbocycles. The molecule has 1 fully saturated rings. The van der Waals surface area contributed by atoms with Crippen molar-refractivity contribution in [3.8, 4) is 0 Å². The second-order valence-corrected chi connectivity index (χ2v) is 9.49. The summed E-state index contributed by atoms with van der Waals surface area (Å²) in [6.07, 6.45) is 0.634. The second-order valence-electron chi connectivity index (χ2n) is 7.00. The van der Waals surface area contributed by atoms with E-state index in [9.17, 15) is 27.9 Å². The highest BCUT2D eigenvalue weighted by molar-refractivity contribution is 9.10. The topological polar surface area (TPSA) is 139 Å². The number of nitrogens with two attached hydrogens (primary N) is 1. The number of benzene rings is 1. The largest absolute Gasteiger partial charge is 0.388 e. The van der Waals surface area contributed by atoms with Gasteiger partial charge in [0.15, 0.2) is 17.5 Å². The van der Waals surface area contributed by atoms with Crippen molar-refractivity contribution in [3.63, 3.8) is 0 Å². The molecular weight excluding hydrogens is 564 g/mol. The normalized spacial score (nSPS) is 25.4. The summed E-state index contributed by atoms with van der Waals surface area (Å²) in [5, 5.41) is 24.4. The Hall–Kier alpha value is -1.77. The molecule has 5 atom stereocenters. The van der Waals surface area contributed by atoms with Crippen molar-refractivity contribution in [2.45, 2.75) is 34.7 Å². The summed E-state index contributed by atoms with van der Waals surface area (Å²) in [5.41, 5.74) is 1.12. The number of pyridine rings is 1. The van der Waals surface area contributed by atoms with Crippen molar-refractivity contribution >= 4 is 42.1 Å². The molecule has 3 unspecified atom stereocenters. The summed E-state index contributed by atoms with van der Waals surface area (Å²) in [6, 6.07) is 2.12. The van der Waals surface area contributed by atoms with E-state index in [4.69, 9.17) is 15.1 Å². The molecule has 1 aliphatic heterocycles. The predicted molar refractivity (Wildman–Crippen MR) is 121 cm³/mol. The molecule has 0 bridgehead atoms. The molecule has 15 heteroatoms. The zero-order valence-electron chi connectivity index (χ0n) is 17.1. The van der Waals surface area contributed by atoms with Gasteiger partial charge in [-0.1, -0.05) is 11.8 Å². The smallest absolute Gasteiger partial charge is 0.327 e. The highest BCUT2D eigenvalue weighted by atomic mass is 79.9. The Morgan fingerprint density at radius 1 is 1.26 bits per heavy atom. The number of nitrogens with one attached hydrogen (secondary N) is 2. The van der Waals surface area contributed by atoms with Crippen molar-refractivity contribution in [2.75, 3.05) is 6.61 Å². The molecule has 1 aromatic heterocycles. The highest BCUT2D eigenvalue weighted by Gasteiger charge is 2.45. The number of hydrogen-bond acceptors (Lipinski definition) is 10. The van der Waals surface area contributed by atoms with Crippen LogP contribution in [0.2, 0.25) is 0 Å². The lowest BCUT2D eigenvalue weighted by molar-refractivity contribution is -0.161. The number of hydrazine groups is 1. The minimum Gasteiger partial charge on any atom is -0.388 e. The van der Waals surface area contributed by atoms with Gasteiger partial charge in [-0.3, -0.25) is 15.4 Å². The molecule has 184 valence electrons. The van der Waals surface area contributed by atoms with Gasteiger partial charge >= 0.3 is 8.69 Å². The molecule has 1 saturated heterocycles. The van der Waals surface area contributed by atoms with Crippen LogP contribution in [0.15, 0.2) is 46.2 Å². The summed E-state index contributed by atoms with van der Waals surface area (Å²) in [7, 11) is -0.624. The number of hydrogen-bond donors (Lipinski definition) is 5. The SMILES string of the molecule is NN/C(=C\NC1C(O)[C@@H](Sc2cncc(Br)c2)OC(COP=O)[C@@H]1O)c1cc(F)c(F)c(F)c1. The van der Waals surface area contributed by atoms with Gasteiger partial charge in [0.1, 0.15) is 23.7 Å². The maximum Gasteiger partial charge on any atom is 0.327 e. The number of aliphatic hydroxyl groups excluding tert-OH is 2. The fourth-order valence-corrected chi connectivity index (χ4v) is 4.98. The van der Waals surface area contributed by atoms with Gasteiger partial charge in [-0.05, 0) is 34.1 Å². The molecule has 0 aliphatic carbocycles. The van der Waals surface area contributed by atoms with Gasteiger partial charge in [0.05, 0.1) is 18.3 Å². The van der Waals surface area contributed by atoms with Crippen LogP contribution in [-0.4, -0.2) is 51.6 Å². The Labute approximate surface area is 206 Å². The first kappa shape index (κ1) is 26.8. The monoisotopic (exact) mass is 582 g/mol. The van der Waals surface area contributed by atoms with Crippen LogP contribution in [0.1, 0.15) is 5.56 Å². The molecule has 0 amide bonds. The van der Waals surface area contributed by atoms with E-state index in [0.717, 1.165) is 23.9 Å². The highest BCUT2D eigenvalue weighted by Crippen LogP contribution is 2.34. The van der Waals surface area contributed by atoms with Crippen LogP contribution >= 0.6 is 36.4 Å². The van der Waals surface area contributed by atoms with Crippen molar-refractivity contribution < 1.29 is 37.2 Å². The van der Waals surface area contributed by atoms with Crippen molar-refractivity contribution in [3.05, 3.63) is 64.3 Å². The predicted octanol–water partition coefficient (Wildman–Crippen LogP) is 2.44. The molecule has 0 spiro atoms. The average Bonchev–Trinajstić information content (AvgIpc) is 2.80. The first-order valence-corrected chi connectivity index (χ1v) is 12.0. The average molecular weight is 583 g/mol. The first-order chi connectivity index (χ1) is 16.2. The fourth-order valence-electron chi connectivity index (χ4n) is 3.16. The minimum absolute atomic E-state index is 0.0602. The summed E-state index contributed by atoms with van der Waals surface area (Å²) in [6.45, 7) is -0.259. The molecule has 34 heavy (non-hydrogen) atoms. The van der Waals surface area contributed by atoms with E-state index in [1.54, 1.807) is 18.5 Å². The van der Waals surface area contributed by atoms with Crippen LogP contribution < -0.4 is 16.6 Å². The van der Waals surface area contributed by atoms with E-state index in [0.29, 0.717) is 9.37 Å². The molecule has 2 aromatic rings. The molecule has 3 rings (SSSR count). The molecule has 0 radical (unpaired) electrons.